The van der Waals surface area contributed by atoms with Crippen LogP contribution in [0.25, 0.3) is 27.7 Å². The Kier molecular flexibility index (Phi) is 3.90. The summed E-state index contributed by atoms with van der Waals surface area (Å²) in [5.41, 5.74) is 9.60. The van der Waals surface area contributed by atoms with Crippen LogP contribution < -0.4 is 11.3 Å². The topological polar surface area (TPSA) is 97.6 Å². The molecule has 0 aliphatic carbocycles. The Labute approximate surface area is 155 Å². The summed E-state index contributed by atoms with van der Waals surface area (Å²) in [6, 6.07) is 16.5. The molecular weight excluding hydrogens is 338 g/mol. The van der Waals surface area contributed by atoms with Crippen LogP contribution >= 0.6 is 0 Å². The van der Waals surface area contributed by atoms with E-state index in [9.17, 15) is 4.79 Å². The first-order chi connectivity index (χ1) is 13.1. The number of fused-ring (bicyclic) bond motifs is 1. The molecule has 0 aliphatic rings. The van der Waals surface area contributed by atoms with Crippen molar-refractivity contribution in [2.24, 2.45) is 0 Å². The van der Waals surface area contributed by atoms with Gasteiger partial charge in [0.05, 0.1) is 22.7 Å². The Morgan fingerprint density at radius 1 is 1.15 bits per heavy atom. The van der Waals surface area contributed by atoms with Crippen molar-refractivity contribution in [1.82, 2.24) is 14.5 Å². The van der Waals surface area contributed by atoms with Crippen molar-refractivity contribution in [3.05, 3.63) is 82.4 Å². The van der Waals surface area contributed by atoms with E-state index >= 15 is 0 Å². The van der Waals surface area contributed by atoms with Crippen molar-refractivity contribution in [2.45, 2.75) is 6.92 Å². The van der Waals surface area contributed by atoms with Gasteiger partial charge in [0.25, 0.3) is 5.56 Å². The number of rotatable bonds is 2. The molecule has 0 saturated carbocycles. The lowest BCUT2D eigenvalue weighted by Crippen LogP contribution is -2.20. The van der Waals surface area contributed by atoms with Crippen LogP contribution in [0.5, 0.6) is 0 Å². The van der Waals surface area contributed by atoms with Crippen LogP contribution in [0.15, 0.2) is 65.7 Å². The number of anilines is 1. The van der Waals surface area contributed by atoms with Gasteiger partial charge < -0.3 is 5.73 Å². The second-order valence-electron chi connectivity index (χ2n) is 6.21. The van der Waals surface area contributed by atoms with Crippen LogP contribution in [0, 0.1) is 18.3 Å². The molecule has 0 atom stereocenters. The normalized spacial score (nSPS) is 10.7. The highest BCUT2D eigenvalue weighted by atomic mass is 16.1. The molecule has 2 heterocycles. The van der Waals surface area contributed by atoms with Crippen molar-refractivity contribution in [2.75, 3.05) is 5.73 Å². The van der Waals surface area contributed by atoms with Gasteiger partial charge in [0.2, 0.25) is 5.95 Å². The summed E-state index contributed by atoms with van der Waals surface area (Å²) in [6.45, 7) is 1.90. The number of benzene rings is 2. The molecule has 0 spiro atoms. The predicted octanol–water partition coefficient (Wildman–Crippen LogP) is 3.21. The van der Waals surface area contributed by atoms with Gasteiger partial charge in [-0.3, -0.25) is 9.36 Å². The molecule has 0 fully saturated rings. The number of nitrogens with two attached hydrogens (primary N) is 1. The van der Waals surface area contributed by atoms with Crippen LogP contribution in [0.3, 0.4) is 0 Å². The maximum absolute atomic E-state index is 13.2. The molecule has 0 unspecified atom stereocenters. The minimum absolute atomic E-state index is 0.152. The van der Waals surface area contributed by atoms with Gasteiger partial charge in [-0.2, -0.15) is 5.26 Å². The fourth-order valence-corrected chi connectivity index (χ4v) is 3.11. The molecule has 0 bridgehead atoms. The largest absolute Gasteiger partial charge is 0.368 e. The Balaban J connectivity index is 1.92. The number of aryl methyl sites for hydroxylation is 1. The van der Waals surface area contributed by atoms with Gasteiger partial charge in [0.15, 0.2) is 0 Å². The highest BCUT2D eigenvalue weighted by molar-refractivity contribution is 5.85. The van der Waals surface area contributed by atoms with Crippen LogP contribution in [-0.2, 0) is 0 Å². The van der Waals surface area contributed by atoms with Gasteiger partial charge in [-0.05, 0) is 54.4 Å². The van der Waals surface area contributed by atoms with Crippen molar-refractivity contribution < 1.29 is 0 Å². The Morgan fingerprint density at radius 2 is 2.00 bits per heavy atom. The average Bonchev–Trinajstić information content (AvgIpc) is 2.68. The second-order valence-corrected chi connectivity index (χ2v) is 6.21. The third kappa shape index (κ3) is 2.92. The summed E-state index contributed by atoms with van der Waals surface area (Å²) >= 11 is 0. The molecule has 0 aliphatic heterocycles. The molecule has 4 rings (SSSR count). The zero-order valence-corrected chi connectivity index (χ0v) is 14.5. The number of pyridine rings is 1. The van der Waals surface area contributed by atoms with E-state index in [0.29, 0.717) is 16.8 Å². The summed E-state index contributed by atoms with van der Waals surface area (Å²) in [6.07, 6.45) is 3.37. The number of hydrogen-bond donors (Lipinski definition) is 1. The molecular formula is C21H15N5O. The Hall–Kier alpha value is -3.98. The van der Waals surface area contributed by atoms with E-state index in [2.05, 4.69) is 16.0 Å². The minimum Gasteiger partial charge on any atom is -0.368 e. The number of hydrogen-bond acceptors (Lipinski definition) is 5. The molecule has 4 aromatic rings. The van der Waals surface area contributed by atoms with Gasteiger partial charge in [-0.25, -0.2) is 9.97 Å². The smallest absolute Gasteiger partial charge is 0.263 e. The first kappa shape index (κ1) is 16.5. The lowest BCUT2D eigenvalue weighted by molar-refractivity contribution is 0.985. The standard InChI is InChI=1S/C21H15N5O/c1-13-7-8-26(17-4-2-3-14(9-17)11-22)20(27)19(13)15-5-6-18-16(10-15)12-24-21(23)25-18/h2-10,12H,1H3,(H2,23,24,25). The van der Waals surface area contributed by atoms with Crippen LogP contribution in [0.4, 0.5) is 5.95 Å². The molecule has 6 nitrogen and oxygen atoms in total. The summed E-state index contributed by atoms with van der Waals surface area (Å²) in [4.78, 5) is 21.4. The summed E-state index contributed by atoms with van der Waals surface area (Å²) in [5, 5.41) is 9.92. The first-order valence-electron chi connectivity index (χ1n) is 8.32. The minimum atomic E-state index is -0.152. The monoisotopic (exact) mass is 353 g/mol. The lowest BCUT2D eigenvalue weighted by Gasteiger charge is -2.12. The first-order valence-corrected chi connectivity index (χ1v) is 8.32. The molecule has 0 radical (unpaired) electrons. The molecule has 6 heteroatoms. The third-order valence-electron chi connectivity index (χ3n) is 4.44. The van der Waals surface area contributed by atoms with E-state index in [1.165, 1.54) is 0 Å². The summed E-state index contributed by atoms with van der Waals surface area (Å²) in [7, 11) is 0. The number of nitrogen functional groups attached to an aromatic ring is 1. The fourth-order valence-electron chi connectivity index (χ4n) is 3.11. The van der Waals surface area contributed by atoms with Gasteiger partial charge in [-0.15, -0.1) is 0 Å². The van der Waals surface area contributed by atoms with Gasteiger partial charge in [0, 0.05) is 23.5 Å². The van der Waals surface area contributed by atoms with E-state index in [1.54, 1.807) is 41.2 Å². The quantitative estimate of drug-likeness (QED) is 0.597. The zero-order chi connectivity index (χ0) is 19.0. The number of nitrogens with zero attached hydrogens (tertiary/aromatic N) is 4. The SMILES string of the molecule is Cc1ccn(-c2cccc(C#N)c2)c(=O)c1-c1ccc2nc(N)ncc2c1. The van der Waals surface area contributed by atoms with Crippen LogP contribution in [0.2, 0.25) is 0 Å². The van der Waals surface area contributed by atoms with Crippen molar-refractivity contribution in [3.8, 4) is 22.9 Å². The molecule has 130 valence electrons. The molecule has 2 aromatic heterocycles. The van der Waals surface area contributed by atoms with E-state index in [-0.39, 0.29) is 11.5 Å². The van der Waals surface area contributed by atoms with Crippen molar-refractivity contribution in [3.63, 3.8) is 0 Å². The molecule has 0 amide bonds. The molecule has 2 aromatic carbocycles. The predicted molar refractivity (Wildman–Crippen MR) is 104 cm³/mol. The second kappa shape index (κ2) is 6.39. The van der Waals surface area contributed by atoms with Gasteiger partial charge in [0.1, 0.15) is 0 Å². The van der Waals surface area contributed by atoms with Gasteiger partial charge in [-0.1, -0.05) is 12.1 Å². The number of aromatic nitrogens is 3. The Bertz CT molecular complexity index is 1280. The van der Waals surface area contributed by atoms with E-state index in [1.807, 2.05) is 31.2 Å². The van der Waals surface area contributed by atoms with E-state index < -0.39 is 0 Å². The molecule has 2 N–H and O–H groups in total. The van der Waals surface area contributed by atoms with Crippen LogP contribution in [-0.4, -0.2) is 14.5 Å². The fraction of sp³-hybridized carbons (Fsp3) is 0.0476. The Morgan fingerprint density at radius 3 is 2.81 bits per heavy atom. The van der Waals surface area contributed by atoms with E-state index in [0.717, 1.165) is 22.0 Å². The maximum atomic E-state index is 13.2. The third-order valence-corrected chi connectivity index (χ3v) is 4.44. The zero-order valence-electron chi connectivity index (χ0n) is 14.5. The average molecular weight is 353 g/mol. The highest BCUT2D eigenvalue weighted by Crippen LogP contribution is 2.24. The molecule has 0 saturated heterocycles. The molecule has 27 heavy (non-hydrogen) atoms. The maximum Gasteiger partial charge on any atom is 0.263 e. The summed E-state index contributed by atoms with van der Waals surface area (Å²) < 4.78 is 1.55. The van der Waals surface area contributed by atoms with Crippen LogP contribution in [0.1, 0.15) is 11.1 Å². The van der Waals surface area contributed by atoms with Crippen molar-refractivity contribution in [1.29, 1.82) is 5.26 Å². The van der Waals surface area contributed by atoms with Crippen molar-refractivity contribution >= 4 is 16.9 Å². The van der Waals surface area contributed by atoms with E-state index in [4.69, 9.17) is 11.0 Å². The number of nitriles is 1. The lowest BCUT2D eigenvalue weighted by atomic mass is 10.0. The summed E-state index contributed by atoms with van der Waals surface area (Å²) in [5.74, 6) is 0.214. The van der Waals surface area contributed by atoms with Gasteiger partial charge >= 0.3 is 0 Å². The highest BCUT2D eigenvalue weighted by Gasteiger charge is 2.12.